The van der Waals surface area contributed by atoms with Crippen LogP contribution < -0.4 is 0 Å². The van der Waals surface area contributed by atoms with E-state index in [1.54, 1.807) is 0 Å². The van der Waals surface area contributed by atoms with Gasteiger partial charge in [0.2, 0.25) is 0 Å². The van der Waals surface area contributed by atoms with Gasteiger partial charge in [0.25, 0.3) is 0 Å². The molecule has 0 heterocycles. The van der Waals surface area contributed by atoms with Gasteiger partial charge in [0.15, 0.2) is 6.29 Å². The molecule has 0 spiro atoms. The standard InChI is InChI=1S/C2H7O5P.4K.4H/c1-2(3)7-8(4,5)6;;;;;;;;/h2-3H,1H3,(H2,4,5,6);;;;;;;;. The minimum absolute atomic E-state index is 0. The van der Waals surface area contributed by atoms with E-state index < -0.39 is 14.1 Å². The third-order valence-corrected chi connectivity index (χ3v) is 0.870. The Labute approximate surface area is 242 Å². The van der Waals surface area contributed by atoms with Crippen LogP contribution in [0.3, 0.4) is 0 Å². The summed E-state index contributed by atoms with van der Waals surface area (Å²) in [5, 5.41) is 8.17. The van der Waals surface area contributed by atoms with E-state index in [0.29, 0.717) is 0 Å². The van der Waals surface area contributed by atoms with Crippen molar-refractivity contribution in [2.24, 2.45) is 0 Å². The molecule has 58 valence electrons. The summed E-state index contributed by atoms with van der Waals surface area (Å²) in [6.45, 7) is 1.11. The van der Waals surface area contributed by atoms with Crippen LogP contribution in [0, 0.1) is 0 Å². The van der Waals surface area contributed by atoms with Crippen molar-refractivity contribution in [2.45, 2.75) is 13.2 Å². The van der Waals surface area contributed by atoms with Gasteiger partial charge in [0.05, 0.1) is 0 Å². The third kappa shape index (κ3) is 30.0. The summed E-state index contributed by atoms with van der Waals surface area (Å²) in [5.41, 5.74) is 0. The molecular weight excluding hydrogens is 291 g/mol. The molecule has 0 rings (SSSR count). The molecule has 0 aliphatic rings. The van der Waals surface area contributed by atoms with E-state index in [-0.39, 0.29) is 206 Å². The fourth-order valence-corrected chi connectivity index (χ4v) is 0.596. The summed E-state index contributed by atoms with van der Waals surface area (Å²) in [5.74, 6) is 0. The van der Waals surface area contributed by atoms with Crippen molar-refractivity contribution in [3.8, 4) is 0 Å². The van der Waals surface area contributed by atoms with E-state index in [2.05, 4.69) is 4.52 Å². The van der Waals surface area contributed by atoms with Crippen LogP contribution in [-0.2, 0) is 9.09 Å². The predicted molar refractivity (Wildman–Crippen MR) is 53.4 cm³/mol. The zero-order chi connectivity index (χ0) is 6.78. The second kappa shape index (κ2) is 17.6. The van der Waals surface area contributed by atoms with Crippen molar-refractivity contribution in [3.63, 3.8) is 0 Å². The van der Waals surface area contributed by atoms with Crippen molar-refractivity contribution in [1.29, 1.82) is 0 Å². The second-order valence-electron chi connectivity index (χ2n) is 1.20. The first-order chi connectivity index (χ1) is 3.42. The van der Waals surface area contributed by atoms with Crippen molar-refractivity contribution in [1.82, 2.24) is 0 Å². The van der Waals surface area contributed by atoms with Gasteiger partial charge in [-0.1, -0.05) is 0 Å². The summed E-state index contributed by atoms with van der Waals surface area (Å²) >= 11 is 0. The first-order valence-electron chi connectivity index (χ1n) is 1.84. The monoisotopic (exact) mass is 302 g/mol. The Balaban J connectivity index is -0.0000000408. The van der Waals surface area contributed by atoms with Gasteiger partial charge >= 0.3 is 213 Å². The maximum atomic E-state index is 9.75. The Morgan fingerprint density at radius 3 is 1.42 bits per heavy atom. The van der Waals surface area contributed by atoms with E-state index in [4.69, 9.17) is 14.9 Å². The molecular formula is C2H11K4O5P. The van der Waals surface area contributed by atoms with Gasteiger partial charge in [-0.15, -0.1) is 0 Å². The number of phosphoric acid groups is 1. The van der Waals surface area contributed by atoms with Gasteiger partial charge in [0.1, 0.15) is 0 Å². The molecule has 0 aliphatic carbocycles. The van der Waals surface area contributed by atoms with Gasteiger partial charge in [0, 0.05) is 0 Å². The van der Waals surface area contributed by atoms with E-state index in [1.807, 2.05) is 0 Å². The topological polar surface area (TPSA) is 87.0 Å². The summed E-state index contributed by atoms with van der Waals surface area (Å²) in [6, 6.07) is 0. The first kappa shape index (κ1) is 31.2. The average Bonchev–Trinajstić information content (AvgIpc) is 1.21. The van der Waals surface area contributed by atoms with E-state index in [9.17, 15) is 4.57 Å². The Kier molecular flexibility index (Phi) is 45.7. The van der Waals surface area contributed by atoms with Crippen molar-refractivity contribution in [3.05, 3.63) is 0 Å². The number of hydrogen-bond donors (Lipinski definition) is 3. The van der Waals surface area contributed by atoms with Gasteiger partial charge in [-0.3, -0.25) is 4.52 Å². The molecule has 0 aliphatic heterocycles. The van der Waals surface area contributed by atoms with Gasteiger partial charge in [-0.2, -0.15) is 0 Å². The molecule has 0 aromatic rings. The molecule has 0 amide bonds. The van der Waals surface area contributed by atoms with Gasteiger partial charge < -0.3 is 14.9 Å². The molecule has 0 aromatic heterocycles. The van der Waals surface area contributed by atoms with Crippen molar-refractivity contribution >= 4 is 213 Å². The second-order valence-corrected chi connectivity index (χ2v) is 2.39. The molecule has 10 heteroatoms. The summed E-state index contributed by atoms with van der Waals surface area (Å²) in [6.07, 6.45) is -1.42. The molecule has 0 bridgehead atoms. The van der Waals surface area contributed by atoms with E-state index >= 15 is 0 Å². The molecule has 3 N–H and O–H groups in total. The quantitative estimate of drug-likeness (QED) is 0.285. The molecule has 1 atom stereocenters. The van der Waals surface area contributed by atoms with Crippen LogP contribution in [0.5, 0.6) is 0 Å². The van der Waals surface area contributed by atoms with Crippen LogP contribution in [0.1, 0.15) is 6.92 Å². The zero-order valence-electron chi connectivity index (χ0n) is 4.18. The van der Waals surface area contributed by atoms with Crippen LogP contribution >= 0.6 is 7.82 Å². The third-order valence-electron chi connectivity index (χ3n) is 0.290. The molecule has 12 heavy (non-hydrogen) atoms. The zero-order valence-corrected chi connectivity index (χ0v) is 5.08. The van der Waals surface area contributed by atoms with Crippen LogP contribution in [-0.4, -0.2) is 227 Å². The van der Waals surface area contributed by atoms with Crippen LogP contribution in [0.2, 0.25) is 0 Å². The molecule has 0 saturated carbocycles. The number of aliphatic hydroxyl groups excluding tert-OH is 1. The summed E-state index contributed by atoms with van der Waals surface area (Å²) in [4.78, 5) is 15.8. The van der Waals surface area contributed by atoms with Crippen LogP contribution in [0.15, 0.2) is 0 Å². The SMILES string of the molecule is CC(O)OP(=O)(O)O.[KH].[KH].[KH].[KH]. The fraction of sp³-hybridized carbons (Fsp3) is 1.00. The summed E-state index contributed by atoms with van der Waals surface area (Å²) in [7, 11) is -4.47. The predicted octanol–water partition coefficient (Wildman–Crippen LogP) is -3.16. The molecule has 0 fully saturated rings. The normalized spacial score (nSPS) is 10.7. The Morgan fingerprint density at radius 2 is 1.42 bits per heavy atom. The molecule has 5 nitrogen and oxygen atoms in total. The van der Waals surface area contributed by atoms with Crippen LogP contribution in [0.4, 0.5) is 0 Å². The molecule has 1 unspecified atom stereocenters. The fourth-order valence-electron chi connectivity index (χ4n) is 0.199. The van der Waals surface area contributed by atoms with Gasteiger partial charge in [-0.25, -0.2) is 4.57 Å². The Bertz CT molecular complexity index is 114. The molecule has 0 saturated heterocycles. The van der Waals surface area contributed by atoms with Crippen LogP contribution in [0.25, 0.3) is 0 Å². The van der Waals surface area contributed by atoms with Crippen molar-refractivity contribution in [2.75, 3.05) is 0 Å². The number of hydrogen-bond acceptors (Lipinski definition) is 3. The first-order valence-corrected chi connectivity index (χ1v) is 3.37. The number of rotatable bonds is 2. The average molecular weight is 302 g/mol. The summed E-state index contributed by atoms with van der Waals surface area (Å²) < 4.78 is 13.4. The van der Waals surface area contributed by atoms with E-state index in [0.717, 1.165) is 6.92 Å². The Hall–Kier alpha value is 6.62. The maximum absolute atomic E-state index is 9.75. The number of aliphatic hydroxyl groups is 1. The van der Waals surface area contributed by atoms with Gasteiger partial charge in [-0.05, 0) is 6.92 Å². The molecule has 0 radical (unpaired) electrons. The van der Waals surface area contributed by atoms with E-state index in [1.165, 1.54) is 0 Å². The minimum atomic E-state index is -4.47. The van der Waals surface area contributed by atoms with Crippen molar-refractivity contribution < 1.29 is 24.0 Å². The Morgan fingerprint density at radius 1 is 1.17 bits per heavy atom. The number of phosphoric ester groups is 1. The molecule has 0 aromatic carbocycles.